The molecular weight excluding hydrogens is 126 g/mol. The quantitative estimate of drug-likeness (QED) is 0.295. The molecule has 1 amide bonds. The van der Waals surface area contributed by atoms with E-state index in [4.69, 9.17) is 0 Å². The highest BCUT2D eigenvalue weighted by Gasteiger charge is 2.35. The highest BCUT2D eigenvalue weighted by Crippen LogP contribution is 1.70. The van der Waals surface area contributed by atoms with Crippen LogP contribution in [0.4, 0.5) is 0 Å². The van der Waals surface area contributed by atoms with Crippen LogP contribution in [0.1, 0.15) is 6.92 Å². The summed E-state index contributed by atoms with van der Waals surface area (Å²) in [4.78, 5) is 10.5. The molecule has 1 heterocycles. The van der Waals surface area contributed by atoms with Gasteiger partial charge in [0.05, 0.1) is 0 Å². The van der Waals surface area contributed by atoms with Crippen molar-refractivity contribution in [1.29, 1.82) is 0 Å². The smallest absolute Gasteiger partial charge is 0.395 e. The predicted molar refractivity (Wildman–Crippen MR) is 26.3 cm³/mol. The zero-order valence-electron chi connectivity index (χ0n) is 4.80. The lowest BCUT2D eigenvalue weighted by atomic mass is 10.3. The van der Waals surface area contributed by atoms with Crippen molar-refractivity contribution in [3.63, 3.8) is 0 Å². The Morgan fingerprint density at radius 1 is 1.67 bits per heavy atom. The first-order valence-corrected chi connectivity index (χ1v) is 2.52. The third-order valence-electron chi connectivity index (χ3n) is 1.25. The van der Waals surface area contributed by atoms with Gasteiger partial charge in [-0.2, -0.15) is 5.17 Å². The van der Waals surface area contributed by atoms with Crippen LogP contribution in [-0.2, 0) is 4.79 Å². The van der Waals surface area contributed by atoms with Gasteiger partial charge in [0.1, 0.15) is 0 Å². The molecule has 9 heavy (non-hydrogen) atoms. The summed E-state index contributed by atoms with van der Waals surface area (Å²) in [5.41, 5.74) is 1.89. The fraction of sp³-hybridized carbons (Fsp3) is 0.667. The molecule has 1 aliphatic rings. The molecular formula is C3H7N3O3. The summed E-state index contributed by atoms with van der Waals surface area (Å²) in [5, 5.41) is 19.5. The molecule has 3 atom stereocenters. The SMILES string of the molecule is CC1C(=O)[NH+]([O-])N[NH+]1[O-]. The number of carbonyl (C=O) groups is 1. The molecule has 0 bridgehead atoms. The Balaban J connectivity index is 2.65. The van der Waals surface area contributed by atoms with Crippen LogP contribution in [0.3, 0.4) is 0 Å². The normalized spacial score (nSPS) is 43.9. The number of carbonyl (C=O) groups excluding carboxylic acids is 1. The highest BCUT2D eigenvalue weighted by atomic mass is 16.6. The topological polar surface area (TPSA) is 84.1 Å². The second-order valence-electron chi connectivity index (χ2n) is 1.90. The van der Waals surface area contributed by atoms with Gasteiger partial charge in [-0.1, -0.05) is 0 Å². The fourth-order valence-electron chi connectivity index (χ4n) is 0.597. The van der Waals surface area contributed by atoms with E-state index in [0.717, 1.165) is 0 Å². The second kappa shape index (κ2) is 2.01. The molecule has 6 heteroatoms. The molecule has 1 rings (SSSR count). The number of hydrogen-bond acceptors (Lipinski definition) is 4. The number of quaternary nitrogens is 2. The van der Waals surface area contributed by atoms with Gasteiger partial charge in [-0.3, -0.25) is 0 Å². The lowest BCUT2D eigenvalue weighted by Gasteiger charge is -2.14. The van der Waals surface area contributed by atoms with E-state index >= 15 is 0 Å². The minimum Gasteiger partial charge on any atom is -0.609 e. The summed E-state index contributed by atoms with van der Waals surface area (Å²) in [6.45, 7) is 1.41. The van der Waals surface area contributed by atoms with Crippen LogP contribution in [0.15, 0.2) is 0 Å². The molecule has 52 valence electrons. The van der Waals surface area contributed by atoms with Gasteiger partial charge in [0.15, 0.2) is 0 Å². The van der Waals surface area contributed by atoms with Gasteiger partial charge in [-0.05, 0) is 5.53 Å². The summed E-state index contributed by atoms with van der Waals surface area (Å²) in [5.74, 6) is -0.639. The molecule has 0 aromatic carbocycles. The molecule has 1 aliphatic heterocycles. The number of nitrogens with one attached hydrogen (secondary N) is 3. The van der Waals surface area contributed by atoms with E-state index in [1.54, 1.807) is 0 Å². The van der Waals surface area contributed by atoms with Gasteiger partial charge < -0.3 is 10.4 Å². The monoisotopic (exact) mass is 133 g/mol. The second-order valence-corrected chi connectivity index (χ2v) is 1.90. The van der Waals surface area contributed by atoms with Crippen LogP contribution < -0.4 is 15.9 Å². The third-order valence-corrected chi connectivity index (χ3v) is 1.25. The molecule has 6 nitrogen and oxygen atoms in total. The lowest BCUT2D eigenvalue weighted by Crippen LogP contribution is -3.29. The Labute approximate surface area is 51.1 Å². The van der Waals surface area contributed by atoms with E-state index in [-0.39, 0.29) is 0 Å². The molecule has 3 unspecified atom stereocenters. The maximum absolute atomic E-state index is 10.5. The Kier molecular flexibility index (Phi) is 1.47. The Hall–Kier alpha value is -0.530. The average Bonchev–Trinajstić information content (AvgIpc) is 1.98. The number of hydrogen-bond donors (Lipinski definition) is 3. The first-order valence-electron chi connectivity index (χ1n) is 2.52. The van der Waals surface area contributed by atoms with Gasteiger partial charge in [-0.25, -0.2) is 9.97 Å². The first kappa shape index (κ1) is 6.59. The Morgan fingerprint density at radius 2 is 2.22 bits per heavy atom. The van der Waals surface area contributed by atoms with Crippen molar-refractivity contribution in [1.82, 2.24) is 5.53 Å². The van der Waals surface area contributed by atoms with Crippen molar-refractivity contribution in [2.75, 3.05) is 0 Å². The molecule has 0 saturated carbocycles. The van der Waals surface area contributed by atoms with Crippen molar-refractivity contribution < 1.29 is 15.1 Å². The van der Waals surface area contributed by atoms with E-state index < -0.39 is 22.3 Å². The van der Waals surface area contributed by atoms with Crippen molar-refractivity contribution in [3.05, 3.63) is 10.4 Å². The largest absolute Gasteiger partial charge is 0.609 e. The maximum atomic E-state index is 10.5. The summed E-state index contributed by atoms with van der Waals surface area (Å²) in [7, 11) is 0. The van der Waals surface area contributed by atoms with Gasteiger partial charge in [0.2, 0.25) is 6.04 Å². The van der Waals surface area contributed by atoms with Crippen LogP contribution in [0.25, 0.3) is 0 Å². The standard InChI is InChI=1S/C3H7N3O3/c1-2-3(7)6(9)4-5(2)8/h2,4-6H,1H3. The van der Waals surface area contributed by atoms with E-state index in [9.17, 15) is 15.2 Å². The van der Waals surface area contributed by atoms with E-state index in [2.05, 4.69) is 0 Å². The summed E-state index contributed by atoms with van der Waals surface area (Å²) < 4.78 is 0. The minimum atomic E-state index is -0.785. The molecule has 3 N–H and O–H groups in total. The Morgan fingerprint density at radius 3 is 2.33 bits per heavy atom. The molecule has 0 aromatic rings. The molecule has 1 fully saturated rings. The van der Waals surface area contributed by atoms with Crippen LogP contribution in [0, 0.1) is 10.4 Å². The van der Waals surface area contributed by atoms with E-state index in [1.807, 2.05) is 5.53 Å². The van der Waals surface area contributed by atoms with E-state index in [0.29, 0.717) is 0 Å². The summed E-state index contributed by atoms with van der Waals surface area (Å²) in [6, 6.07) is -0.780. The maximum Gasteiger partial charge on any atom is 0.395 e. The third kappa shape index (κ3) is 0.934. The van der Waals surface area contributed by atoms with Crippen molar-refractivity contribution in [3.8, 4) is 0 Å². The van der Waals surface area contributed by atoms with Gasteiger partial charge >= 0.3 is 5.91 Å². The lowest BCUT2D eigenvalue weighted by molar-refractivity contribution is -1.04. The van der Waals surface area contributed by atoms with Crippen LogP contribution in [0.2, 0.25) is 0 Å². The molecule has 0 spiro atoms. The van der Waals surface area contributed by atoms with Crippen molar-refractivity contribution in [2.24, 2.45) is 0 Å². The highest BCUT2D eigenvalue weighted by molar-refractivity contribution is 5.71. The molecule has 0 aromatic heterocycles. The van der Waals surface area contributed by atoms with Gasteiger partial charge in [0.25, 0.3) is 0 Å². The summed E-state index contributed by atoms with van der Waals surface area (Å²) in [6.07, 6.45) is 0. The fourth-order valence-corrected chi connectivity index (χ4v) is 0.597. The van der Waals surface area contributed by atoms with E-state index in [1.165, 1.54) is 6.92 Å². The van der Waals surface area contributed by atoms with Gasteiger partial charge in [0, 0.05) is 6.92 Å². The first-order chi connectivity index (χ1) is 4.13. The minimum absolute atomic E-state index is 0.495. The zero-order valence-corrected chi connectivity index (χ0v) is 4.80. The molecule has 1 saturated heterocycles. The van der Waals surface area contributed by atoms with Gasteiger partial charge in [-0.15, -0.1) is 0 Å². The predicted octanol–water partition coefficient (Wildman–Crippen LogP) is -3.90. The van der Waals surface area contributed by atoms with Crippen molar-refractivity contribution in [2.45, 2.75) is 13.0 Å². The van der Waals surface area contributed by atoms with Crippen LogP contribution >= 0.6 is 0 Å². The van der Waals surface area contributed by atoms with Crippen molar-refractivity contribution >= 4 is 5.91 Å². The number of hydroxylamine groups is 2. The molecule has 0 aliphatic carbocycles. The van der Waals surface area contributed by atoms with Crippen LogP contribution in [0.5, 0.6) is 0 Å². The Bertz CT molecular complexity index is 138. The number of amides is 1. The number of rotatable bonds is 0. The average molecular weight is 133 g/mol. The molecule has 0 radical (unpaired) electrons. The zero-order chi connectivity index (χ0) is 7.02. The summed E-state index contributed by atoms with van der Waals surface area (Å²) >= 11 is 0. The van der Waals surface area contributed by atoms with Crippen LogP contribution in [-0.4, -0.2) is 11.9 Å².